The van der Waals surface area contributed by atoms with Gasteiger partial charge in [0.1, 0.15) is 6.42 Å². The highest BCUT2D eigenvalue weighted by molar-refractivity contribution is 6.06. The van der Waals surface area contributed by atoms with Crippen molar-refractivity contribution in [1.29, 1.82) is 0 Å². The summed E-state index contributed by atoms with van der Waals surface area (Å²) in [5.74, 6) is -1.51. The van der Waals surface area contributed by atoms with E-state index >= 15 is 0 Å². The molecule has 2 aromatic rings. The van der Waals surface area contributed by atoms with Crippen molar-refractivity contribution in [3.8, 4) is 11.1 Å². The Hall–Kier alpha value is -2.49. The SMILES string of the molecule is Cc1ncccc1-c1cccc(C(=O)CC(=O)O)c1. The van der Waals surface area contributed by atoms with Gasteiger partial charge in [0.25, 0.3) is 0 Å². The molecular weight excluding hydrogens is 242 g/mol. The zero-order chi connectivity index (χ0) is 13.8. The molecule has 1 aromatic heterocycles. The number of carbonyl (C=O) groups is 2. The third-order valence-electron chi connectivity index (χ3n) is 2.81. The fraction of sp³-hybridized carbons (Fsp3) is 0.133. The van der Waals surface area contributed by atoms with Crippen LogP contribution >= 0.6 is 0 Å². The van der Waals surface area contributed by atoms with Gasteiger partial charge in [-0.1, -0.05) is 24.3 Å². The fourth-order valence-electron chi connectivity index (χ4n) is 1.89. The maximum absolute atomic E-state index is 11.7. The van der Waals surface area contributed by atoms with Gasteiger partial charge in [0.05, 0.1) is 0 Å². The maximum atomic E-state index is 11.7. The first kappa shape index (κ1) is 13.0. The first-order valence-electron chi connectivity index (χ1n) is 5.85. The van der Waals surface area contributed by atoms with Crippen molar-refractivity contribution in [2.75, 3.05) is 0 Å². The number of hydrogen-bond acceptors (Lipinski definition) is 3. The Bertz CT molecular complexity index is 635. The Balaban J connectivity index is 2.37. The van der Waals surface area contributed by atoms with Gasteiger partial charge in [0.2, 0.25) is 0 Å². The van der Waals surface area contributed by atoms with Gasteiger partial charge in [-0.3, -0.25) is 14.6 Å². The molecule has 1 heterocycles. The van der Waals surface area contributed by atoms with Crippen LogP contribution in [0.4, 0.5) is 0 Å². The second-order valence-electron chi connectivity index (χ2n) is 4.21. The molecule has 0 atom stereocenters. The van der Waals surface area contributed by atoms with Crippen LogP contribution in [-0.2, 0) is 4.79 Å². The van der Waals surface area contributed by atoms with Gasteiger partial charge in [0.15, 0.2) is 5.78 Å². The van der Waals surface area contributed by atoms with Crippen molar-refractivity contribution in [3.05, 3.63) is 53.9 Å². The monoisotopic (exact) mass is 255 g/mol. The molecule has 0 unspecified atom stereocenters. The highest BCUT2D eigenvalue weighted by Crippen LogP contribution is 2.23. The summed E-state index contributed by atoms with van der Waals surface area (Å²) in [6.07, 6.45) is 1.22. The predicted octanol–water partition coefficient (Wildman–Crippen LogP) is 2.71. The van der Waals surface area contributed by atoms with Gasteiger partial charge in [-0.2, -0.15) is 0 Å². The molecule has 1 aromatic carbocycles. The zero-order valence-electron chi connectivity index (χ0n) is 10.5. The molecule has 19 heavy (non-hydrogen) atoms. The molecule has 4 nitrogen and oxygen atoms in total. The van der Waals surface area contributed by atoms with Crippen molar-refractivity contribution in [1.82, 2.24) is 4.98 Å². The molecule has 0 radical (unpaired) electrons. The Kier molecular flexibility index (Phi) is 3.71. The van der Waals surface area contributed by atoms with E-state index in [1.807, 2.05) is 25.1 Å². The van der Waals surface area contributed by atoms with Gasteiger partial charge in [-0.15, -0.1) is 0 Å². The smallest absolute Gasteiger partial charge is 0.311 e. The number of carboxylic acid groups (broad SMARTS) is 1. The van der Waals surface area contributed by atoms with Gasteiger partial charge in [0, 0.05) is 23.0 Å². The number of hydrogen-bond donors (Lipinski definition) is 1. The molecule has 96 valence electrons. The first-order valence-corrected chi connectivity index (χ1v) is 5.85. The number of aromatic nitrogens is 1. The summed E-state index contributed by atoms with van der Waals surface area (Å²) in [5.41, 5.74) is 3.07. The average molecular weight is 255 g/mol. The molecule has 2 rings (SSSR count). The van der Waals surface area contributed by atoms with Gasteiger partial charge in [-0.25, -0.2) is 0 Å². The number of Topliss-reactive ketones (excluding diaryl/α,β-unsaturated/α-hetero) is 1. The quantitative estimate of drug-likeness (QED) is 0.673. The fourth-order valence-corrected chi connectivity index (χ4v) is 1.89. The van der Waals surface area contributed by atoms with E-state index in [4.69, 9.17) is 5.11 Å². The molecule has 1 N–H and O–H groups in total. The van der Waals surface area contributed by atoms with Gasteiger partial charge >= 0.3 is 5.97 Å². The summed E-state index contributed by atoms with van der Waals surface area (Å²) < 4.78 is 0. The number of rotatable bonds is 4. The summed E-state index contributed by atoms with van der Waals surface area (Å²) in [7, 11) is 0. The van der Waals surface area contributed by atoms with Crippen molar-refractivity contribution in [3.63, 3.8) is 0 Å². The number of aliphatic carboxylic acids is 1. The molecule has 0 amide bonds. The van der Waals surface area contributed by atoms with E-state index in [9.17, 15) is 9.59 Å². The number of nitrogens with zero attached hydrogens (tertiary/aromatic N) is 1. The molecule has 0 saturated heterocycles. The lowest BCUT2D eigenvalue weighted by Crippen LogP contribution is -2.06. The van der Waals surface area contributed by atoms with Crippen LogP contribution in [0, 0.1) is 6.92 Å². The van der Waals surface area contributed by atoms with Crippen molar-refractivity contribution >= 4 is 11.8 Å². The van der Waals surface area contributed by atoms with Crippen LogP contribution in [0.15, 0.2) is 42.6 Å². The standard InChI is InChI=1S/C15H13NO3/c1-10-13(6-3-7-16-10)11-4-2-5-12(8-11)14(17)9-15(18)19/h2-8H,9H2,1H3,(H,18,19). The Morgan fingerprint density at radius 2 is 2.00 bits per heavy atom. The highest BCUT2D eigenvalue weighted by atomic mass is 16.4. The van der Waals surface area contributed by atoms with E-state index in [2.05, 4.69) is 4.98 Å². The lowest BCUT2D eigenvalue weighted by atomic mass is 9.99. The van der Waals surface area contributed by atoms with E-state index in [0.29, 0.717) is 5.56 Å². The Morgan fingerprint density at radius 1 is 1.21 bits per heavy atom. The minimum atomic E-state index is -1.12. The molecule has 0 aliphatic heterocycles. The summed E-state index contributed by atoms with van der Waals surface area (Å²) in [6.45, 7) is 1.89. The zero-order valence-corrected chi connectivity index (χ0v) is 10.5. The number of ketones is 1. The number of carboxylic acids is 1. The van der Waals surface area contributed by atoms with Crippen LogP contribution in [0.25, 0.3) is 11.1 Å². The first-order chi connectivity index (χ1) is 9.08. The largest absolute Gasteiger partial charge is 0.481 e. The topological polar surface area (TPSA) is 67.3 Å². The number of carbonyl (C=O) groups excluding carboxylic acids is 1. The van der Waals surface area contributed by atoms with E-state index in [0.717, 1.165) is 16.8 Å². The lowest BCUT2D eigenvalue weighted by Gasteiger charge is -2.06. The van der Waals surface area contributed by atoms with Crippen molar-refractivity contribution in [2.45, 2.75) is 13.3 Å². The molecular formula is C15H13NO3. The Morgan fingerprint density at radius 3 is 2.68 bits per heavy atom. The molecule has 0 aliphatic carbocycles. The summed E-state index contributed by atoms with van der Waals surface area (Å²) >= 11 is 0. The molecule has 0 spiro atoms. The second kappa shape index (κ2) is 5.44. The normalized spacial score (nSPS) is 10.2. The molecule has 0 fully saturated rings. The molecule has 0 saturated carbocycles. The van der Waals surface area contributed by atoms with Crippen LogP contribution < -0.4 is 0 Å². The van der Waals surface area contributed by atoms with Crippen molar-refractivity contribution in [2.24, 2.45) is 0 Å². The average Bonchev–Trinajstić information content (AvgIpc) is 2.38. The van der Waals surface area contributed by atoms with Crippen LogP contribution in [0.1, 0.15) is 22.5 Å². The predicted molar refractivity (Wildman–Crippen MR) is 71.0 cm³/mol. The molecule has 0 bridgehead atoms. The van der Waals surface area contributed by atoms with E-state index in [1.54, 1.807) is 24.4 Å². The minimum absolute atomic E-state index is 0.393. The molecule has 0 aliphatic rings. The summed E-state index contributed by atoms with van der Waals surface area (Å²) in [5, 5.41) is 8.64. The highest BCUT2D eigenvalue weighted by Gasteiger charge is 2.11. The lowest BCUT2D eigenvalue weighted by molar-refractivity contribution is -0.135. The number of benzene rings is 1. The van der Waals surface area contributed by atoms with Crippen LogP contribution in [-0.4, -0.2) is 21.8 Å². The Labute approximate surface area is 110 Å². The van der Waals surface area contributed by atoms with Crippen LogP contribution in [0.3, 0.4) is 0 Å². The van der Waals surface area contributed by atoms with Crippen LogP contribution in [0.5, 0.6) is 0 Å². The van der Waals surface area contributed by atoms with Crippen molar-refractivity contribution < 1.29 is 14.7 Å². The maximum Gasteiger partial charge on any atom is 0.311 e. The van der Waals surface area contributed by atoms with Crippen LogP contribution in [0.2, 0.25) is 0 Å². The van der Waals surface area contributed by atoms with E-state index < -0.39 is 18.2 Å². The second-order valence-corrected chi connectivity index (χ2v) is 4.21. The van der Waals surface area contributed by atoms with E-state index in [1.165, 1.54) is 0 Å². The summed E-state index contributed by atoms with van der Waals surface area (Å²) in [4.78, 5) is 26.5. The van der Waals surface area contributed by atoms with E-state index in [-0.39, 0.29) is 0 Å². The molecule has 4 heteroatoms. The number of aryl methyl sites for hydroxylation is 1. The van der Waals surface area contributed by atoms with Gasteiger partial charge < -0.3 is 5.11 Å². The van der Waals surface area contributed by atoms with Gasteiger partial charge in [-0.05, 0) is 24.6 Å². The summed E-state index contributed by atoms with van der Waals surface area (Å²) in [6, 6.07) is 10.7. The number of pyridine rings is 1. The third kappa shape index (κ3) is 3.04. The third-order valence-corrected chi connectivity index (χ3v) is 2.81. The minimum Gasteiger partial charge on any atom is -0.481 e.